The Hall–Kier alpha value is -1.79. The Morgan fingerprint density at radius 3 is 2.42 bits per heavy atom. The molecule has 1 aromatic carbocycles. The molecule has 0 bridgehead atoms. The Morgan fingerprint density at radius 2 is 1.85 bits per heavy atom. The highest BCUT2D eigenvalue weighted by atomic mass is 16.5. The average molecular weight is 364 g/mol. The molecule has 6 heteroatoms. The second kappa shape index (κ2) is 9.78. The smallest absolute Gasteiger partial charge is 0.319 e. The van der Waals surface area contributed by atoms with Crippen LogP contribution in [0.2, 0.25) is 0 Å². The first-order valence-corrected chi connectivity index (χ1v) is 9.54. The third kappa shape index (κ3) is 7.62. The van der Waals surface area contributed by atoms with Crippen LogP contribution in [-0.2, 0) is 0 Å². The number of hydrogen-bond donors (Lipinski definition) is 4. The number of aliphatic hydroxyl groups is 1. The molecule has 0 radical (unpaired) electrons. The average Bonchev–Trinajstić information content (AvgIpc) is 2.59. The number of carbonyl (C=O) groups is 1. The largest absolute Gasteiger partial charge is 0.492 e. The number of rotatable bonds is 7. The zero-order valence-electron chi connectivity index (χ0n) is 16.2. The highest BCUT2D eigenvalue weighted by Crippen LogP contribution is 2.19. The zero-order valence-corrected chi connectivity index (χ0v) is 16.2. The van der Waals surface area contributed by atoms with Crippen LogP contribution in [0.4, 0.5) is 10.5 Å². The molecule has 1 aliphatic carbocycles. The molecule has 0 unspecified atom stereocenters. The molecule has 0 aromatic heterocycles. The number of benzene rings is 1. The lowest BCUT2D eigenvalue weighted by molar-refractivity contribution is 0.161. The van der Waals surface area contributed by atoms with Gasteiger partial charge in [-0.15, -0.1) is 0 Å². The molecule has 0 aliphatic heterocycles. The van der Waals surface area contributed by atoms with Crippen molar-refractivity contribution in [3.63, 3.8) is 0 Å². The molecule has 1 aliphatic rings. The number of hydrogen-bond acceptors (Lipinski definition) is 4. The summed E-state index contributed by atoms with van der Waals surface area (Å²) in [4.78, 5) is 12.1. The van der Waals surface area contributed by atoms with Crippen molar-refractivity contribution in [2.75, 3.05) is 18.5 Å². The van der Waals surface area contributed by atoms with Gasteiger partial charge in [-0.25, -0.2) is 4.79 Å². The van der Waals surface area contributed by atoms with Crippen LogP contribution >= 0.6 is 0 Å². The molecule has 0 heterocycles. The molecule has 146 valence electrons. The van der Waals surface area contributed by atoms with Crippen molar-refractivity contribution >= 4 is 11.7 Å². The van der Waals surface area contributed by atoms with E-state index < -0.39 is 0 Å². The Morgan fingerprint density at radius 1 is 1.19 bits per heavy atom. The molecule has 2 amide bonds. The third-order valence-corrected chi connectivity index (χ3v) is 4.36. The number of anilines is 1. The molecule has 0 spiro atoms. The lowest BCUT2D eigenvalue weighted by Crippen LogP contribution is -2.48. The molecule has 1 aromatic rings. The Kier molecular flexibility index (Phi) is 7.72. The fourth-order valence-corrected chi connectivity index (χ4v) is 3.18. The summed E-state index contributed by atoms with van der Waals surface area (Å²) in [5.74, 6) is 0.706. The molecule has 1 saturated carbocycles. The third-order valence-electron chi connectivity index (χ3n) is 4.36. The molecule has 4 N–H and O–H groups in total. The second-order valence-corrected chi connectivity index (χ2v) is 8.04. The SMILES string of the molecule is CC(C)(C)N[C@H](CO)COc1ccc(NC(=O)NC2CCCCC2)cc1. The maximum Gasteiger partial charge on any atom is 0.319 e. The molecular weight excluding hydrogens is 330 g/mol. The van der Waals surface area contributed by atoms with Gasteiger partial charge in [0.15, 0.2) is 0 Å². The number of urea groups is 1. The predicted molar refractivity (Wildman–Crippen MR) is 105 cm³/mol. The lowest BCUT2D eigenvalue weighted by Gasteiger charge is -2.27. The van der Waals surface area contributed by atoms with E-state index in [-0.39, 0.29) is 30.3 Å². The van der Waals surface area contributed by atoms with Gasteiger partial charge >= 0.3 is 6.03 Å². The quantitative estimate of drug-likeness (QED) is 0.599. The van der Waals surface area contributed by atoms with E-state index in [1.807, 2.05) is 24.3 Å². The second-order valence-electron chi connectivity index (χ2n) is 8.04. The first-order chi connectivity index (χ1) is 12.4. The van der Waals surface area contributed by atoms with Crippen LogP contribution in [0.1, 0.15) is 52.9 Å². The Balaban J connectivity index is 1.77. The van der Waals surface area contributed by atoms with E-state index in [4.69, 9.17) is 4.74 Å². The minimum atomic E-state index is -0.153. The summed E-state index contributed by atoms with van der Waals surface area (Å²) in [7, 11) is 0. The van der Waals surface area contributed by atoms with E-state index in [1.165, 1.54) is 19.3 Å². The van der Waals surface area contributed by atoms with Crippen molar-refractivity contribution in [3.8, 4) is 5.75 Å². The van der Waals surface area contributed by atoms with Crippen LogP contribution < -0.4 is 20.7 Å². The van der Waals surface area contributed by atoms with Crippen LogP contribution in [0, 0.1) is 0 Å². The van der Waals surface area contributed by atoms with Gasteiger partial charge in [-0.2, -0.15) is 0 Å². The highest BCUT2D eigenvalue weighted by molar-refractivity contribution is 5.89. The van der Waals surface area contributed by atoms with Gasteiger partial charge in [-0.05, 0) is 57.9 Å². The van der Waals surface area contributed by atoms with Gasteiger partial charge < -0.3 is 25.8 Å². The summed E-state index contributed by atoms with van der Waals surface area (Å²) in [5.41, 5.74) is 0.646. The topological polar surface area (TPSA) is 82.6 Å². The van der Waals surface area contributed by atoms with E-state index in [9.17, 15) is 9.90 Å². The van der Waals surface area contributed by atoms with Gasteiger partial charge in [-0.1, -0.05) is 19.3 Å². The van der Waals surface area contributed by atoms with Crippen molar-refractivity contribution < 1.29 is 14.6 Å². The molecule has 26 heavy (non-hydrogen) atoms. The van der Waals surface area contributed by atoms with E-state index in [0.717, 1.165) is 18.5 Å². The number of carbonyl (C=O) groups excluding carboxylic acids is 1. The molecule has 1 atom stereocenters. The van der Waals surface area contributed by atoms with Crippen molar-refractivity contribution in [1.29, 1.82) is 0 Å². The van der Waals surface area contributed by atoms with E-state index in [1.54, 1.807) is 0 Å². The van der Waals surface area contributed by atoms with E-state index >= 15 is 0 Å². The standard InChI is InChI=1S/C20H33N3O3/c1-20(2,3)23-17(13-24)14-26-18-11-9-16(10-12-18)22-19(25)21-15-7-5-4-6-8-15/h9-12,15,17,23-24H,4-8,13-14H2,1-3H3,(H2,21,22,25)/t17-/m1/s1. The van der Waals surface area contributed by atoms with Crippen LogP contribution in [0.15, 0.2) is 24.3 Å². The van der Waals surface area contributed by atoms with Crippen molar-refractivity contribution in [2.45, 2.75) is 70.5 Å². The van der Waals surface area contributed by atoms with Crippen LogP contribution in [0.25, 0.3) is 0 Å². The first kappa shape index (κ1) is 20.5. The number of amides is 2. The van der Waals surface area contributed by atoms with Crippen LogP contribution in [0.3, 0.4) is 0 Å². The normalized spacial score (nSPS) is 16.8. The zero-order chi connectivity index (χ0) is 19.0. The number of aliphatic hydroxyl groups excluding tert-OH is 1. The molecule has 2 rings (SSSR count). The minimum absolute atomic E-state index is 0.0121. The van der Waals surface area contributed by atoms with Crippen molar-refractivity contribution in [3.05, 3.63) is 24.3 Å². The fraction of sp³-hybridized carbons (Fsp3) is 0.650. The van der Waals surface area contributed by atoms with E-state index in [2.05, 4.69) is 36.7 Å². The fourth-order valence-electron chi connectivity index (χ4n) is 3.18. The van der Waals surface area contributed by atoms with Gasteiger partial charge in [0.1, 0.15) is 12.4 Å². The van der Waals surface area contributed by atoms with Gasteiger partial charge in [0, 0.05) is 17.3 Å². The Labute approximate surface area is 156 Å². The molecule has 0 saturated heterocycles. The van der Waals surface area contributed by atoms with Gasteiger partial charge in [-0.3, -0.25) is 0 Å². The van der Waals surface area contributed by atoms with Gasteiger partial charge in [0.05, 0.1) is 12.6 Å². The maximum absolute atomic E-state index is 12.1. The summed E-state index contributed by atoms with van der Waals surface area (Å²) in [6.07, 6.45) is 5.78. The van der Waals surface area contributed by atoms with Crippen molar-refractivity contribution in [1.82, 2.24) is 10.6 Å². The predicted octanol–water partition coefficient (Wildman–Crippen LogP) is 3.27. The summed E-state index contributed by atoms with van der Waals surface area (Å²) in [6.45, 7) is 6.54. The van der Waals surface area contributed by atoms with Crippen LogP contribution in [0.5, 0.6) is 5.75 Å². The molecular formula is C20H33N3O3. The number of nitrogens with one attached hydrogen (secondary N) is 3. The lowest BCUT2D eigenvalue weighted by atomic mass is 9.96. The van der Waals surface area contributed by atoms with Crippen LogP contribution in [-0.4, -0.2) is 42.0 Å². The minimum Gasteiger partial charge on any atom is -0.492 e. The van der Waals surface area contributed by atoms with Gasteiger partial charge in [0.25, 0.3) is 0 Å². The molecule has 1 fully saturated rings. The first-order valence-electron chi connectivity index (χ1n) is 9.54. The van der Waals surface area contributed by atoms with Gasteiger partial charge in [0.2, 0.25) is 0 Å². The summed E-state index contributed by atoms with van der Waals surface area (Å²) in [6, 6.07) is 7.29. The Bertz CT molecular complexity index is 548. The van der Waals surface area contributed by atoms with E-state index in [0.29, 0.717) is 12.4 Å². The summed E-state index contributed by atoms with van der Waals surface area (Å²) in [5, 5.41) is 18.7. The number of ether oxygens (including phenoxy) is 1. The summed E-state index contributed by atoms with van der Waals surface area (Å²) >= 11 is 0. The maximum atomic E-state index is 12.1. The van der Waals surface area contributed by atoms with Crippen molar-refractivity contribution in [2.24, 2.45) is 0 Å². The monoisotopic (exact) mass is 363 g/mol. The summed E-state index contributed by atoms with van der Waals surface area (Å²) < 4.78 is 5.74. The molecule has 6 nitrogen and oxygen atoms in total. The highest BCUT2D eigenvalue weighted by Gasteiger charge is 2.17.